The van der Waals surface area contributed by atoms with Crippen LogP contribution in [0.5, 0.6) is 0 Å². The van der Waals surface area contributed by atoms with E-state index in [9.17, 15) is 9.18 Å². The van der Waals surface area contributed by atoms with Gasteiger partial charge in [-0.3, -0.25) is 14.5 Å². The molecule has 1 N–H and O–H groups in total. The Morgan fingerprint density at radius 2 is 1.73 bits per heavy atom. The maximum atomic E-state index is 13.6. The summed E-state index contributed by atoms with van der Waals surface area (Å²) >= 11 is 1.45. The number of benzene rings is 3. The van der Waals surface area contributed by atoms with Crippen LogP contribution in [-0.4, -0.2) is 10.9 Å². The third-order valence-corrected chi connectivity index (χ3v) is 7.36. The van der Waals surface area contributed by atoms with E-state index >= 15 is 0 Å². The van der Waals surface area contributed by atoms with Gasteiger partial charge in [-0.2, -0.15) is 0 Å². The number of aromatic nitrogens is 1. The molecule has 40 heavy (non-hydrogen) atoms. The lowest BCUT2D eigenvalue weighted by molar-refractivity contribution is -0.118. The molecule has 6 heteroatoms. The van der Waals surface area contributed by atoms with Crippen molar-refractivity contribution in [3.8, 4) is 0 Å². The van der Waals surface area contributed by atoms with Gasteiger partial charge in [0.1, 0.15) is 5.82 Å². The Balaban J connectivity index is 0.00000106. The number of pyridine rings is 1. The first-order valence-corrected chi connectivity index (χ1v) is 15.0. The highest BCUT2D eigenvalue weighted by Crippen LogP contribution is 2.36. The molecule has 1 aliphatic carbocycles. The first-order valence-electron chi connectivity index (χ1n) is 14.2. The van der Waals surface area contributed by atoms with Gasteiger partial charge >= 0.3 is 0 Å². The highest BCUT2D eigenvalue weighted by atomic mass is 32.2. The van der Waals surface area contributed by atoms with E-state index in [-0.39, 0.29) is 17.8 Å². The number of anilines is 1. The van der Waals surface area contributed by atoms with Crippen LogP contribution in [0.4, 0.5) is 10.1 Å². The third kappa shape index (κ3) is 8.77. The van der Waals surface area contributed by atoms with Crippen LogP contribution in [-0.2, 0) is 24.2 Å². The minimum absolute atomic E-state index is 0.0827. The Morgan fingerprint density at radius 3 is 2.45 bits per heavy atom. The van der Waals surface area contributed by atoms with Crippen LogP contribution in [0, 0.1) is 5.82 Å². The standard InChI is InChI=1S/C30H28FN3OS.2C2H6/c31-25-9-4-10-27(18-25)36-33-29-15-13-24-12-14-26(19-28(24)29)34(21-23-8-5-17-32-20-23)30(35)16-11-22-6-2-1-3-7-22;2*1-2/h1-10,12,14,17-20,29,33H,11,13,15-16,21H2;2*1-2H3. The van der Waals surface area contributed by atoms with Crippen LogP contribution in [0.15, 0.2) is 102 Å². The Bertz CT molecular complexity index is 1320. The van der Waals surface area contributed by atoms with Gasteiger partial charge in [0.05, 0.1) is 6.54 Å². The molecule has 1 aromatic heterocycles. The number of amides is 1. The normalized spacial score (nSPS) is 13.3. The summed E-state index contributed by atoms with van der Waals surface area (Å²) in [6.07, 6.45) is 6.62. The molecule has 0 fully saturated rings. The van der Waals surface area contributed by atoms with Gasteiger partial charge in [-0.1, -0.05) is 76.2 Å². The van der Waals surface area contributed by atoms with Gasteiger partial charge in [0.2, 0.25) is 5.91 Å². The van der Waals surface area contributed by atoms with Gasteiger partial charge in [0, 0.05) is 35.4 Å². The summed E-state index contributed by atoms with van der Waals surface area (Å²) in [5.41, 5.74) is 5.51. The van der Waals surface area contributed by atoms with Crippen molar-refractivity contribution in [3.05, 3.63) is 125 Å². The highest BCUT2D eigenvalue weighted by molar-refractivity contribution is 7.97. The van der Waals surface area contributed by atoms with E-state index in [1.807, 2.05) is 75.2 Å². The largest absolute Gasteiger partial charge is 0.308 e. The van der Waals surface area contributed by atoms with Crippen molar-refractivity contribution in [2.75, 3.05) is 4.90 Å². The highest BCUT2D eigenvalue weighted by Gasteiger charge is 2.25. The number of carbonyl (C=O) groups excluding carboxylic acids is 1. The van der Waals surface area contributed by atoms with Gasteiger partial charge < -0.3 is 4.90 Å². The second kappa shape index (κ2) is 16.6. The zero-order valence-corrected chi connectivity index (χ0v) is 24.8. The number of nitrogens with one attached hydrogen (secondary N) is 1. The minimum Gasteiger partial charge on any atom is -0.308 e. The van der Waals surface area contributed by atoms with Gasteiger partial charge in [-0.15, -0.1) is 0 Å². The second-order valence-corrected chi connectivity index (χ2v) is 9.89. The number of aryl methyl sites for hydroxylation is 2. The van der Waals surface area contributed by atoms with E-state index in [1.165, 1.54) is 35.2 Å². The molecule has 0 aliphatic heterocycles. The molecule has 4 nitrogen and oxygen atoms in total. The van der Waals surface area contributed by atoms with E-state index in [1.54, 1.807) is 12.3 Å². The molecular weight excluding hydrogens is 517 g/mol. The smallest absolute Gasteiger partial charge is 0.227 e. The minimum atomic E-state index is -0.240. The van der Waals surface area contributed by atoms with Crippen molar-refractivity contribution in [1.82, 2.24) is 9.71 Å². The van der Waals surface area contributed by atoms with Crippen molar-refractivity contribution >= 4 is 23.5 Å². The van der Waals surface area contributed by atoms with Crippen molar-refractivity contribution in [2.24, 2.45) is 0 Å². The molecule has 0 radical (unpaired) electrons. The lowest BCUT2D eigenvalue weighted by Gasteiger charge is -2.25. The molecule has 1 unspecified atom stereocenters. The van der Waals surface area contributed by atoms with Crippen LogP contribution in [0.1, 0.15) is 68.8 Å². The Hall–Kier alpha value is -3.48. The summed E-state index contributed by atoms with van der Waals surface area (Å²) in [5.74, 6) is -0.157. The average Bonchev–Trinajstić information content (AvgIpc) is 3.43. The lowest BCUT2D eigenvalue weighted by Crippen LogP contribution is -2.31. The second-order valence-electron chi connectivity index (χ2n) is 8.98. The molecule has 0 bridgehead atoms. The molecule has 210 valence electrons. The lowest BCUT2D eigenvalue weighted by atomic mass is 10.1. The van der Waals surface area contributed by atoms with Crippen LogP contribution in [0.25, 0.3) is 0 Å². The van der Waals surface area contributed by atoms with Crippen molar-refractivity contribution in [2.45, 2.75) is 70.9 Å². The topological polar surface area (TPSA) is 45.2 Å². The molecule has 0 saturated heterocycles. The summed E-state index contributed by atoms with van der Waals surface area (Å²) in [7, 11) is 0. The van der Waals surface area contributed by atoms with Crippen LogP contribution in [0.2, 0.25) is 0 Å². The van der Waals surface area contributed by atoms with Gasteiger partial charge in [-0.25, -0.2) is 4.39 Å². The van der Waals surface area contributed by atoms with Crippen molar-refractivity contribution < 1.29 is 9.18 Å². The Kier molecular flexibility index (Phi) is 12.9. The van der Waals surface area contributed by atoms with Crippen LogP contribution in [0.3, 0.4) is 0 Å². The van der Waals surface area contributed by atoms with Crippen molar-refractivity contribution in [1.29, 1.82) is 0 Å². The fourth-order valence-electron chi connectivity index (χ4n) is 4.58. The SMILES string of the molecule is CC.CC.O=C(CCc1ccccc1)N(Cc1cccnc1)c1ccc2c(c1)C(NSc1cccc(F)c1)CC2. The summed E-state index contributed by atoms with van der Waals surface area (Å²) in [6.45, 7) is 8.47. The summed E-state index contributed by atoms with van der Waals surface area (Å²) < 4.78 is 17.1. The predicted molar refractivity (Wildman–Crippen MR) is 166 cm³/mol. The number of carbonyl (C=O) groups is 1. The fourth-order valence-corrected chi connectivity index (χ4v) is 5.42. The Labute approximate surface area is 243 Å². The van der Waals surface area contributed by atoms with E-state index in [0.717, 1.165) is 34.6 Å². The summed E-state index contributed by atoms with van der Waals surface area (Å²) in [4.78, 5) is 20.4. The Morgan fingerprint density at radius 1 is 0.950 bits per heavy atom. The summed E-state index contributed by atoms with van der Waals surface area (Å²) in [5, 5.41) is 0. The van der Waals surface area contributed by atoms with E-state index < -0.39 is 0 Å². The first kappa shape index (κ1) is 31.1. The maximum absolute atomic E-state index is 13.6. The molecule has 1 aliphatic rings. The molecule has 1 atom stereocenters. The number of hydrogen-bond donors (Lipinski definition) is 1. The van der Waals surface area contributed by atoms with Crippen LogP contribution < -0.4 is 9.62 Å². The molecule has 3 aromatic carbocycles. The molecule has 0 spiro atoms. The fraction of sp³-hybridized carbons (Fsp3) is 0.294. The van der Waals surface area contributed by atoms with Gasteiger partial charge in [0.25, 0.3) is 0 Å². The number of fused-ring (bicyclic) bond motifs is 1. The number of rotatable bonds is 9. The molecular formula is C34H40FN3OS. The van der Waals surface area contributed by atoms with Crippen LogP contribution >= 0.6 is 11.9 Å². The van der Waals surface area contributed by atoms with E-state index in [0.29, 0.717) is 19.4 Å². The number of nitrogens with zero attached hydrogens (tertiary/aromatic N) is 2. The quantitative estimate of drug-likeness (QED) is 0.209. The average molecular weight is 558 g/mol. The van der Waals surface area contributed by atoms with Gasteiger partial charge in [0.15, 0.2) is 0 Å². The van der Waals surface area contributed by atoms with Gasteiger partial charge in [-0.05, 0) is 89.9 Å². The molecule has 0 saturated carbocycles. The zero-order chi connectivity index (χ0) is 28.7. The summed E-state index contributed by atoms with van der Waals surface area (Å²) in [6, 6.07) is 27.1. The molecule has 1 amide bonds. The number of hydrogen-bond acceptors (Lipinski definition) is 4. The van der Waals surface area contributed by atoms with E-state index in [4.69, 9.17) is 0 Å². The predicted octanol–water partition coefficient (Wildman–Crippen LogP) is 8.72. The molecule has 5 rings (SSSR count). The third-order valence-electron chi connectivity index (χ3n) is 6.47. The molecule has 1 heterocycles. The molecule has 4 aromatic rings. The number of halogens is 1. The van der Waals surface area contributed by atoms with E-state index in [2.05, 4.69) is 40.0 Å². The zero-order valence-electron chi connectivity index (χ0n) is 23.9. The van der Waals surface area contributed by atoms with Crippen molar-refractivity contribution in [3.63, 3.8) is 0 Å². The maximum Gasteiger partial charge on any atom is 0.227 e. The first-order chi connectivity index (χ1) is 19.7. The monoisotopic (exact) mass is 557 g/mol.